The number of hydrogen-bond acceptors (Lipinski definition) is 7. The standard InChI is InChI=1S/C29H34FN3O5/c1-28(2,3)38-27(34)33-14-10-19-7-8-21(16-20(19)18-33)36-25-22(26(31)32-17-23(25)30)9-11-29(12-13-29)37-24-6-4-5-15-35-24/h7-8,16-17,24H,4-6,10,12-15,18H2,1-3H3,(H2,31,32). The van der Waals surface area contributed by atoms with Crippen LogP contribution in [-0.4, -0.2) is 46.6 Å². The summed E-state index contributed by atoms with van der Waals surface area (Å²) in [7, 11) is 0. The molecule has 8 nitrogen and oxygen atoms in total. The fourth-order valence-electron chi connectivity index (χ4n) is 4.52. The van der Waals surface area contributed by atoms with E-state index in [0.29, 0.717) is 31.9 Å². The van der Waals surface area contributed by atoms with Crippen LogP contribution in [0.3, 0.4) is 0 Å². The molecule has 0 spiro atoms. The van der Waals surface area contributed by atoms with Crippen LogP contribution in [0.15, 0.2) is 24.4 Å². The van der Waals surface area contributed by atoms with Gasteiger partial charge < -0.3 is 29.6 Å². The Bertz CT molecular complexity index is 1270. The highest BCUT2D eigenvalue weighted by Crippen LogP contribution is 2.42. The van der Waals surface area contributed by atoms with Crippen molar-refractivity contribution >= 4 is 11.9 Å². The van der Waals surface area contributed by atoms with Crippen LogP contribution in [0.4, 0.5) is 15.0 Å². The third-order valence-corrected chi connectivity index (χ3v) is 6.69. The van der Waals surface area contributed by atoms with Gasteiger partial charge in [-0.3, -0.25) is 0 Å². The fraction of sp³-hybridized carbons (Fsp3) is 0.517. The van der Waals surface area contributed by atoms with Gasteiger partial charge in [-0.25, -0.2) is 14.2 Å². The molecule has 202 valence electrons. The lowest BCUT2D eigenvalue weighted by molar-refractivity contribution is -0.183. The second-order valence-electron chi connectivity index (χ2n) is 11.0. The van der Waals surface area contributed by atoms with Crippen LogP contribution in [0.1, 0.15) is 69.6 Å². The van der Waals surface area contributed by atoms with Gasteiger partial charge in [-0.15, -0.1) is 0 Å². The number of halogens is 1. The predicted molar refractivity (Wildman–Crippen MR) is 139 cm³/mol. The van der Waals surface area contributed by atoms with Crippen LogP contribution in [0.2, 0.25) is 0 Å². The fourth-order valence-corrected chi connectivity index (χ4v) is 4.52. The van der Waals surface area contributed by atoms with Crippen molar-refractivity contribution in [2.24, 2.45) is 0 Å². The van der Waals surface area contributed by atoms with Crippen LogP contribution in [0.25, 0.3) is 0 Å². The number of fused-ring (bicyclic) bond motifs is 1. The van der Waals surface area contributed by atoms with E-state index in [1.807, 2.05) is 32.9 Å². The smallest absolute Gasteiger partial charge is 0.410 e. The summed E-state index contributed by atoms with van der Waals surface area (Å²) in [4.78, 5) is 18.2. The molecule has 9 heteroatoms. The van der Waals surface area contributed by atoms with Gasteiger partial charge >= 0.3 is 6.09 Å². The van der Waals surface area contributed by atoms with E-state index in [-0.39, 0.29) is 29.5 Å². The SMILES string of the molecule is CC(C)(C)OC(=O)N1CCc2ccc(Oc3c(F)cnc(N)c3C#CC3(OC4CCCCO4)CC3)cc2C1. The van der Waals surface area contributed by atoms with Crippen molar-refractivity contribution < 1.29 is 28.1 Å². The number of ether oxygens (including phenoxy) is 4. The molecule has 0 radical (unpaired) electrons. The largest absolute Gasteiger partial charge is 0.453 e. The molecule has 0 bridgehead atoms. The number of rotatable bonds is 4. The van der Waals surface area contributed by atoms with Crippen LogP contribution in [0, 0.1) is 17.7 Å². The summed E-state index contributed by atoms with van der Waals surface area (Å²) in [5.41, 5.74) is 7.10. The summed E-state index contributed by atoms with van der Waals surface area (Å²) < 4.78 is 38.3. The molecule has 1 saturated carbocycles. The van der Waals surface area contributed by atoms with Gasteiger partial charge in [0.15, 0.2) is 17.9 Å². The van der Waals surface area contributed by atoms with Gasteiger partial charge in [0.25, 0.3) is 0 Å². The van der Waals surface area contributed by atoms with Gasteiger partial charge in [-0.05, 0) is 82.6 Å². The lowest BCUT2D eigenvalue weighted by Crippen LogP contribution is -2.39. The van der Waals surface area contributed by atoms with Crippen molar-refractivity contribution in [2.45, 2.75) is 83.3 Å². The maximum atomic E-state index is 15.0. The molecule has 3 aliphatic rings. The second kappa shape index (κ2) is 10.4. The molecule has 1 aromatic carbocycles. The number of nitrogens with zero attached hydrogens (tertiary/aromatic N) is 2. The van der Waals surface area contributed by atoms with Crippen molar-refractivity contribution in [1.82, 2.24) is 9.88 Å². The number of carbonyl (C=O) groups is 1. The molecule has 3 heterocycles. The minimum absolute atomic E-state index is 0.0766. The van der Waals surface area contributed by atoms with E-state index in [1.165, 1.54) is 0 Å². The molecule has 1 unspecified atom stereocenters. The highest BCUT2D eigenvalue weighted by atomic mass is 19.1. The summed E-state index contributed by atoms with van der Waals surface area (Å²) in [6, 6.07) is 5.52. The van der Waals surface area contributed by atoms with E-state index >= 15 is 0 Å². The Morgan fingerprint density at radius 3 is 2.79 bits per heavy atom. The lowest BCUT2D eigenvalue weighted by atomic mass is 10.00. The summed E-state index contributed by atoms with van der Waals surface area (Å²) in [6.07, 6.45) is 5.56. The first-order valence-electron chi connectivity index (χ1n) is 13.1. The van der Waals surface area contributed by atoms with Crippen LogP contribution in [0.5, 0.6) is 11.5 Å². The summed E-state index contributed by atoms with van der Waals surface area (Å²) >= 11 is 0. The van der Waals surface area contributed by atoms with Gasteiger partial charge in [0.1, 0.15) is 28.3 Å². The molecule has 1 saturated heterocycles. The second-order valence-corrected chi connectivity index (χ2v) is 11.0. The zero-order valence-electron chi connectivity index (χ0n) is 22.1. The minimum atomic E-state index is -0.669. The summed E-state index contributed by atoms with van der Waals surface area (Å²) in [5, 5.41) is 0. The van der Waals surface area contributed by atoms with E-state index in [1.54, 1.807) is 11.0 Å². The zero-order valence-corrected chi connectivity index (χ0v) is 22.1. The molecule has 2 N–H and O–H groups in total. The highest BCUT2D eigenvalue weighted by molar-refractivity contribution is 5.69. The molecule has 2 aliphatic heterocycles. The molecular formula is C29H34FN3O5. The molecule has 38 heavy (non-hydrogen) atoms. The Labute approximate surface area is 222 Å². The first-order chi connectivity index (χ1) is 18.1. The minimum Gasteiger partial charge on any atom is -0.453 e. The average molecular weight is 524 g/mol. The number of amides is 1. The van der Waals surface area contributed by atoms with Gasteiger partial charge in [0.2, 0.25) is 0 Å². The van der Waals surface area contributed by atoms with E-state index < -0.39 is 17.0 Å². The van der Waals surface area contributed by atoms with Gasteiger partial charge in [-0.1, -0.05) is 17.9 Å². The number of nitrogens with two attached hydrogens (primary N) is 1. The number of pyridine rings is 1. The van der Waals surface area contributed by atoms with Crippen LogP contribution < -0.4 is 10.5 Å². The molecule has 2 aromatic rings. The Balaban J connectivity index is 1.35. The van der Waals surface area contributed by atoms with Crippen molar-refractivity contribution in [3.05, 3.63) is 46.9 Å². The topological polar surface area (TPSA) is 96.1 Å². The van der Waals surface area contributed by atoms with E-state index in [4.69, 9.17) is 24.7 Å². The Kier molecular flexibility index (Phi) is 7.21. The molecule has 1 amide bonds. The van der Waals surface area contributed by atoms with E-state index in [0.717, 1.165) is 49.4 Å². The third-order valence-electron chi connectivity index (χ3n) is 6.69. The van der Waals surface area contributed by atoms with E-state index in [2.05, 4.69) is 16.8 Å². The van der Waals surface area contributed by atoms with Crippen molar-refractivity contribution in [3.63, 3.8) is 0 Å². The first kappa shape index (κ1) is 26.3. The molecule has 2 fully saturated rings. The number of benzene rings is 1. The van der Waals surface area contributed by atoms with Crippen molar-refractivity contribution in [2.75, 3.05) is 18.9 Å². The quantitative estimate of drug-likeness (QED) is 0.542. The number of hydrogen-bond donors (Lipinski definition) is 1. The number of aromatic nitrogens is 1. The summed E-state index contributed by atoms with van der Waals surface area (Å²) in [6.45, 7) is 7.13. The Morgan fingerprint density at radius 2 is 2.08 bits per heavy atom. The molecule has 5 rings (SSSR count). The van der Waals surface area contributed by atoms with Crippen molar-refractivity contribution in [1.29, 1.82) is 0 Å². The predicted octanol–water partition coefficient (Wildman–Crippen LogP) is 5.32. The average Bonchev–Trinajstić information content (AvgIpc) is 3.64. The molecule has 1 aromatic heterocycles. The zero-order chi connectivity index (χ0) is 26.9. The lowest BCUT2D eigenvalue weighted by Gasteiger charge is -2.31. The van der Waals surface area contributed by atoms with Crippen LogP contribution in [-0.2, 0) is 27.2 Å². The Hall–Kier alpha value is -3.35. The number of anilines is 1. The molecular weight excluding hydrogens is 489 g/mol. The van der Waals surface area contributed by atoms with Gasteiger partial charge in [-0.2, -0.15) is 0 Å². The maximum Gasteiger partial charge on any atom is 0.410 e. The monoisotopic (exact) mass is 523 g/mol. The third kappa shape index (κ3) is 6.20. The van der Waals surface area contributed by atoms with Crippen molar-refractivity contribution in [3.8, 4) is 23.3 Å². The highest BCUT2D eigenvalue weighted by Gasteiger charge is 2.45. The van der Waals surface area contributed by atoms with Crippen LogP contribution >= 0.6 is 0 Å². The maximum absolute atomic E-state index is 15.0. The Morgan fingerprint density at radius 1 is 1.26 bits per heavy atom. The first-order valence-corrected chi connectivity index (χ1v) is 13.1. The number of nitrogen functional groups attached to an aromatic ring is 1. The van der Waals surface area contributed by atoms with Gasteiger partial charge in [0.05, 0.1) is 6.20 Å². The van der Waals surface area contributed by atoms with E-state index in [9.17, 15) is 9.18 Å². The normalized spacial score (nSPS) is 20.1. The number of carbonyl (C=O) groups excluding carboxylic acids is 1. The van der Waals surface area contributed by atoms with Gasteiger partial charge in [0, 0.05) is 19.7 Å². The molecule has 1 atom stereocenters. The molecule has 1 aliphatic carbocycles. The summed E-state index contributed by atoms with van der Waals surface area (Å²) in [5.74, 6) is 5.86.